The number of hydrogen-bond acceptors (Lipinski definition) is 4. The van der Waals surface area contributed by atoms with E-state index in [9.17, 15) is 15.0 Å². The number of morpholine rings is 1. The van der Waals surface area contributed by atoms with Crippen molar-refractivity contribution in [1.29, 1.82) is 0 Å². The van der Waals surface area contributed by atoms with Gasteiger partial charge < -0.3 is 19.8 Å². The third-order valence-corrected chi connectivity index (χ3v) is 3.11. The topological polar surface area (TPSA) is 70.0 Å². The fraction of sp³-hybridized carbons (Fsp3) is 0.462. The molecule has 98 valence electrons. The maximum absolute atomic E-state index is 11.8. The highest BCUT2D eigenvalue weighted by molar-refractivity contribution is 5.78. The summed E-state index contributed by atoms with van der Waals surface area (Å²) in [7, 11) is 0. The highest BCUT2D eigenvalue weighted by Crippen LogP contribution is 2.23. The Morgan fingerprint density at radius 1 is 1.44 bits per heavy atom. The summed E-state index contributed by atoms with van der Waals surface area (Å²) in [6.45, 7) is 2.22. The Kier molecular flexibility index (Phi) is 3.54. The second-order valence-corrected chi connectivity index (χ2v) is 4.78. The maximum Gasteiger partial charge on any atom is 0.249 e. The molecule has 1 heterocycles. The Bertz CT molecular complexity index is 448. The minimum absolute atomic E-state index is 0.0370. The monoisotopic (exact) mass is 251 g/mol. The van der Waals surface area contributed by atoms with Gasteiger partial charge in [0.15, 0.2) is 0 Å². The predicted molar refractivity (Wildman–Crippen MR) is 65.0 cm³/mol. The van der Waals surface area contributed by atoms with Crippen molar-refractivity contribution in [3.8, 4) is 5.75 Å². The molecule has 18 heavy (non-hydrogen) atoms. The summed E-state index contributed by atoms with van der Waals surface area (Å²) in [5.74, 6) is 0.0340. The molecule has 2 rings (SSSR count). The molecule has 1 saturated heterocycles. The summed E-state index contributed by atoms with van der Waals surface area (Å²) < 4.78 is 5.32. The predicted octanol–water partition coefficient (Wildman–Crippen LogP) is 0.502. The van der Waals surface area contributed by atoms with E-state index in [1.807, 2.05) is 6.07 Å². The summed E-state index contributed by atoms with van der Waals surface area (Å²) in [4.78, 5) is 13.3. The van der Waals surface area contributed by atoms with E-state index in [1.165, 1.54) is 0 Å². The first-order valence-electron chi connectivity index (χ1n) is 5.83. The highest BCUT2D eigenvalue weighted by Gasteiger charge is 2.35. The number of benzene rings is 1. The quantitative estimate of drug-likeness (QED) is 0.821. The average molecular weight is 251 g/mol. The third-order valence-electron chi connectivity index (χ3n) is 3.11. The number of aliphatic hydroxyl groups excluding tert-OH is 1. The second-order valence-electron chi connectivity index (χ2n) is 4.78. The van der Waals surface area contributed by atoms with E-state index >= 15 is 0 Å². The standard InChI is InChI=1S/C13H17NO4/c1-13(9-15)8-14(12(17)7-18-13)6-10-4-2-3-5-11(10)16/h2-5,15-16H,6-9H2,1H3. The van der Waals surface area contributed by atoms with Crippen LogP contribution >= 0.6 is 0 Å². The molecule has 2 N–H and O–H groups in total. The van der Waals surface area contributed by atoms with Gasteiger partial charge in [0.05, 0.1) is 13.2 Å². The van der Waals surface area contributed by atoms with Gasteiger partial charge in [0.2, 0.25) is 5.91 Å². The number of hydrogen-bond donors (Lipinski definition) is 2. The zero-order valence-electron chi connectivity index (χ0n) is 10.3. The van der Waals surface area contributed by atoms with Gasteiger partial charge >= 0.3 is 0 Å². The van der Waals surface area contributed by atoms with Crippen molar-refractivity contribution in [1.82, 2.24) is 4.90 Å². The van der Waals surface area contributed by atoms with Crippen LogP contribution in [0.4, 0.5) is 0 Å². The summed E-state index contributed by atoms with van der Waals surface area (Å²) in [6.07, 6.45) is 0. The highest BCUT2D eigenvalue weighted by atomic mass is 16.5. The van der Waals surface area contributed by atoms with E-state index in [1.54, 1.807) is 30.0 Å². The molecule has 1 atom stereocenters. The van der Waals surface area contributed by atoms with Crippen molar-refractivity contribution in [2.24, 2.45) is 0 Å². The molecule has 1 unspecified atom stereocenters. The zero-order valence-corrected chi connectivity index (χ0v) is 10.3. The molecule has 0 saturated carbocycles. The van der Waals surface area contributed by atoms with Crippen LogP contribution in [0.1, 0.15) is 12.5 Å². The van der Waals surface area contributed by atoms with Crippen LogP contribution in [0.2, 0.25) is 0 Å². The van der Waals surface area contributed by atoms with E-state index in [2.05, 4.69) is 0 Å². The molecule has 0 radical (unpaired) electrons. The number of aliphatic hydroxyl groups is 1. The van der Waals surface area contributed by atoms with Gasteiger partial charge in [0, 0.05) is 12.1 Å². The number of rotatable bonds is 3. The van der Waals surface area contributed by atoms with Crippen LogP contribution in [0.3, 0.4) is 0 Å². The van der Waals surface area contributed by atoms with Crippen LogP contribution in [0.25, 0.3) is 0 Å². The van der Waals surface area contributed by atoms with Gasteiger partial charge in [-0.1, -0.05) is 18.2 Å². The van der Waals surface area contributed by atoms with E-state index in [-0.39, 0.29) is 24.9 Å². The van der Waals surface area contributed by atoms with Gasteiger partial charge in [-0.05, 0) is 13.0 Å². The number of para-hydroxylation sites is 1. The SMILES string of the molecule is CC1(CO)CN(Cc2ccccc2O)C(=O)CO1. The Labute approximate surface area is 106 Å². The molecule has 0 aliphatic carbocycles. The summed E-state index contributed by atoms with van der Waals surface area (Å²) in [5.41, 5.74) is -0.0359. The lowest BCUT2D eigenvalue weighted by molar-refractivity contribution is -0.167. The Hall–Kier alpha value is -1.59. The number of phenols is 1. The van der Waals surface area contributed by atoms with Gasteiger partial charge in [0.25, 0.3) is 0 Å². The van der Waals surface area contributed by atoms with Crippen LogP contribution in [0.15, 0.2) is 24.3 Å². The zero-order chi connectivity index (χ0) is 13.2. The lowest BCUT2D eigenvalue weighted by Gasteiger charge is -2.39. The van der Waals surface area contributed by atoms with E-state index in [0.717, 1.165) is 0 Å². The maximum atomic E-state index is 11.8. The lowest BCUT2D eigenvalue weighted by Crippen LogP contribution is -2.54. The number of aromatic hydroxyl groups is 1. The Morgan fingerprint density at radius 3 is 2.83 bits per heavy atom. The molecule has 0 spiro atoms. The molecule has 1 aromatic carbocycles. The average Bonchev–Trinajstić information content (AvgIpc) is 2.37. The molecule has 5 heteroatoms. The van der Waals surface area contributed by atoms with Gasteiger partial charge in [-0.15, -0.1) is 0 Å². The molecule has 1 aliphatic rings. The van der Waals surface area contributed by atoms with Crippen molar-refractivity contribution < 1.29 is 19.7 Å². The molecule has 1 fully saturated rings. The first kappa shape index (κ1) is 12.9. The lowest BCUT2D eigenvalue weighted by atomic mass is 10.0. The molecule has 1 aromatic rings. The van der Waals surface area contributed by atoms with Gasteiger partial charge in [0.1, 0.15) is 18.0 Å². The number of carbonyl (C=O) groups is 1. The van der Waals surface area contributed by atoms with Crippen LogP contribution in [0, 0.1) is 0 Å². The van der Waals surface area contributed by atoms with Crippen molar-refractivity contribution in [3.63, 3.8) is 0 Å². The molecule has 0 bridgehead atoms. The Balaban J connectivity index is 2.12. The first-order chi connectivity index (χ1) is 8.54. The minimum Gasteiger partial charge on any atom is -0.508 e. The van der Waals surface area contributed by atoms with Crippen LogP contribution in [-0.4, -0.2) is 46.4 Å². The second kappa shape index (κ2) is 4.96. The van der Waals surface area contributed by atoms with Crippen molar-refractivity contribution in [2.45, 2.75) is 19.1 Å². The largest absolute Gasteiger partial charge is 0.508 e. The van der Waals surface area contributed by atoms with Crippen LogP contribution in [0.5, 0.6) is 5.75 Å². The van der Waals surface area contributed by atoms with Gasteiger partial charge in [-0.25, -0.2) is 0 Å². The number of carbonyl (C=O) groups excluding carboxylic acids is 1. The number of phenolic OH excluding ortho intramolecular Hbond substituents is 1. The fourth-order valence-corrected chi connectivity index (χ4v) is 1.95. The summed E-state index contributed by atoms with van der Waals surface area (Å²) in [5, 5.41) is 19.0. The van der Waals surface area contributed by atoms with Gasteiger partial charge in [-0.3, -0.25) is 4.79 Å². The summed E-state index contributed by atoms with van der Waals surface area (Å²) >= 11 is 0. The van der Waals surface area contributed by atoms with E-state index in [4.69, 9.17) is 4.74 Å². The molecule has 5 nitrogen and oxygen atoms in total. The van der Waals surface area contributed by atoms with E-state index in [0.29, 0.717) is 18.7 Å². The minimum atomic E-state index is -0.724. The van der Waals surface area contributed by atoms with Crippen molar-refractivity contribution >= 4 is 5.91 Å². The third kappa shape index (κ3) is 2.63. The van der Waals surface area contributed by atoms with Gasteiger partial charge in [-0.2, -0.15) is 0 Å². The fourth-order valence-electron chi connectivity index (χ4n) is 1.95. The smallest absolute Gasteiger partial charge is 0.249 e. The van der Waals surface area contributed by atoms with Crippen molar-refractivity contribution in [3.05, 3.63) is 29.8 Å². The summed E-state index contributed by atoms with van der Waals surface area (Å²) in [6, 6.07) is 6.91. The Morgan fingerprint density at radius 2 is 2.17 bits per heavy atom. The number of amides is 1. The van der Waals surface area contributed by atoms with Crippen molar-refractivity contribution in [2.75, 3.05) is 19.8 Å². The molecular formula is C13H17NO4. The van der Waals surface area contributed by atoms with Crippen LogP contribution < -0.4 is 0 Å². The first-order valence-corrected chi connectivity index (χ1v) is 5.83. The van der Waals surface area contributed by atoms with E-state index < -0.39 is 5.60 Å². The van der Waals surface area contributed by atoms with Crippen LogP contribution in [-0.2, 0) is 16.1 Å². The number of ether oxygens (including phenoxy) is 1. The normalized spacial score (nSPS) is 24.3. The molecule has 1 amide bonds. The molecular weight excluding hydrogens is 234 g/mol. The molecule has 1 aliphatic heterocycles. The molecule has 0 aromatic heterocycles. The number of nitrogens with zero attached hydrogens (tertiary/aromatic N) is 1.